The highest BCUT2D eigenvalue weighted by atomic mass is 16.2. The second-order valence-corrected chi connectivity index (χ2v) is 9.16. The van der Waals surface area contributed by atoms with Crippen molar-refractivity contribution in [3.05, 3.63) is 12.7 Å². The van der Waals surface area contributed by atoms with Crippen molar-refractivity contribution in [3.63, 3.8) is 0 Å². The molecule has 1 heterocycles. The minimum atomic E-state index is -0.722. The van der Waals surface area contributed by atoms with Gasteiger partial charge in [-0.25, -0.2) is 4.79 Å². The first-order valence-corrected chi connectivity index (χ1v) is 15.3. The Morgan fingerprint density at radius 2 is 1.57 bits per heavy atom. The van der Waals surface area contributed by atoms with Crippen LogP contribution in [0.3, 0.4) is 0 Å². The fraction of sp³-hybridized carbons (Fsp3) is 0.719. The molecule has 2 atom stereocenters. The number of hydrogen-bond donors (Lipinski definition) is 4. The monoisotopic (exact) mass is 595 g/mol. The van der Waals surface area contributed by atoms with E-state index in [1.54, 1.807) is 6.08 Å². The number of nitrogens with two attached hydrogens (primary N) is 1. The fourth-order valence-electron chi connectivity index (χ4n) is 4.02. The number of aldehydes is 1. The van der Waals surface area contributed by atoms with Crippen molar-refractivity contribution >= 4 is 29.9 Å². The Labute approximate surface area is 256 Å². The van der Waals surface area contributed by atoms with Gasteiger partial charge in [-0.2, -0.15) is 0 Å². The summed E-state index contributed by atoms with van der Waals surface area (Å²) in [4.78, 5) is 60.4. The van der Waals surface area contributed by atoms with Gasteiger partial charge >= 0.3 is 6.03 Å². The quantitative estimate of drug-likeness (QED) is 0.142. The van der Waals surface area contributed by atoms with Crippen molar-refractivity contribution in [2.75, 3.05) is 27.2 Å². The van der Waals surface area contributed by atoms with Gasteiger partial charge in [-0.05, 0) is 52.0 Å². The second kappa shape index (κ2) is 34.0. The maximum atomic E-state index is 13.2. The molecule has 0 spiro atoms. The van der Waals surface area contributed by atoms with Crippen molar-refractivity contribution < 1.29 is 24.0 Å². The second-order valence-electron chi connectivity index (χ2n) is 9.16. The summed E-state index contributed by atoms with van der Waals surface area (Å²) in [7, 11) is 2.99. The van der Waals surface area contributed by atoms with Crippen LogP contribution in [0, 0.1) is 18.3 Å². The number of terminal acetylenes is 1. The van der Waals surface area contributed by atoms with Gasteiger partial charge in [-0.15, -0.1) is 18.9 Å². The summed E-state index contributed by atoms with van der Waals surface area (Å²) < 4.78 is 0. The number of allylic oxidation sites excluding steroid dienone is 1. The smallest absolute Gasteiger partial charge is 0.315 e. The minimum Gasteiger partial charge on any atom is -0.347 e. The predicted molar refractivity (Wildman–Crippen MR) is 174 cm³/mol. The van der Waals surface area contributed by atoms with Crippen molar-refractivity contribution in [1.82, 2.24) is 20.9 Å². The highest BCUT2D eigenvalue weighted by Crippen LogP contribution is 2.29. The highest BCUT2D eigenvalue weighted by Gasteiger charge is 2.40. The number of hydrogen-bond acceptors (Lipinski definition) is 6. The van der Waals surface area contributed by atoms with E-state index in [1.165, 1.54) is 25.4 Å². The van der Waals surface area contributed by atoms with Gasteiger partial charge in [-0.3, -0.25) is 19.2 Å². The lowest BCUT2D eigenvalue weighted by Crippen LogP contribution is -2.57. The van der Waals surface area contributed by atoms with Crippen LogP contribution in [-0.2, 0) is 19.2 Å². The molecule has 2 aliphatic rings. The average Bonchev–Trinajstić information content (AvgIpc) is 3.52. The largest absolute Gasteiger partial charge is 0.347 e. The number of nitrogens with zero attached hydrogens (tertiary/aromatic N) is 1. The number of Topliss-reactive ketones (excluding diaryl/α,β-unsaturated/α-hetero) is 1. The molecule has 2 rings (SSSR count). The van der Waals surface area contributed by atoms with Crippen LogP contribution in [0.5, 0.6) is 0 Å². The topological polar surface area (TPSA) is 151 Å². The molecule has 5 N–H and O–H groups in total. The third kappa shape index (κ3) is 22.5. The molecule has 2 unspecified atom stereocenters. The van der Waals surface area contributed by atoms with E-state index in [2.05, 4.69) is 55.0 Å². The molecule has 0 aromatic rings. The molecule has 1 aliphatic heterocycles. The summed E-state index contributed by atoms with van der Waals surface area (Å²) in [6.07, 6.45) is 16.1. The molecule has 244 valence electrons. The van der Waals surface area contributed by atoms with Crippen LogP contribution < -0.4 is 21.7 Å². The lowest BCUT2D eigenvalue weighted by atomic mass is 9.83. The molecule has 0 radical (unpaired) electrons. The number of ketones is 1. The van der Waals surface area contributed by atoms with Crippen LogP contribution in [0.2, 0.25) is 0 Å². The maximum absolute atomic E-state index is 13.2. The van der Waals surface area contributed by atoms with Gasteiger partial charge in [0.05, 0.1) is 6.54 Å². The molecule has 10 heteroatoms. The van der Waals surface area contributed by atoms with E-state index in [9.17, 15) is 24.0 Å². The number of rotatable bonds is 8. The minimum absolute atomic E-state index is 0.0458. The number of amides is 4. The van der Waals surface area contributed by atoms with E-state index < -0.39 is 29.8 Å². The summed E-state index contributed by atoms with van der Waals surface area (Å²) in [5, 5.41) is 7.66. The molecular weight excluding hydrogens is 534 g/mol. The molecule has 0 bridgehead atoms. The Morgan fingerprint density at radius 3 is 1.98 bits per heavy atom. The molecule has 1 aliphatic carbocycles. The lowest BCUT2D eigenvalue weighted by molar-refractivity contribution is -0.141. The third-order valence-corrected chi connectivity index (χ3v) is 5.70. The summed E-state index contributed by atoms with van der Waals surface area (Å²) in [6, 6.07) is -1.78. The first-order valence-electron chi connectivity index (χ1n) is 15.3. The number of carbonyl (C=O) groups is 5. The molecule has 2 fully saturated rings. The van der Waals surface area contributed by atoms with Crippen LogP contribution in [0.1, 0.15) is 106 Å². The van der Waals surface area contributed by atoms with E-state index in [4.69, 9.17) is 6.42 Å². The molecule has 0 aromatic carbocycles. The fourth-order valence-corrected chi connectivity index (χ4v) is 4.02. The third-order valence-electron chi connectivity index (χ3n) is 5.70. The Morgan fingerprint density at radius 1 is 1.05 bits per heavy atom. The van der Waals surface area contributed by atoms with E-state index in [-0.39, 0.29) is 24.7 Å². The molecule has 10 nitrogen and oxygen atoms in total. The number of urea groups is 1. The summed E-state index contributed by atoms with van der Waals surface area (Å²) >= 11 is 0. The van der Waals surface area contributed by atoms with Gasteiger partial charge in [0.15, 0.2) is 6.29 Å². The van der Waals surface area contributed by atoms with Gasteiger partial charge in [0.25, 0.3) is 0 Å². The molecule has 4 amide bonds. The van der Waals surface area contributed by atoms with Gasteiger partial charge < -0.3 is 26.6 Å². The van der Waals surface area contributed by atoms with Gasteiger partial charge in [-0.1, -0.05) is 66.4 Å². The summed E-state index contributed by atoms with van der Waals surface area (Å²) in [5.41, 5.74) is 4.50. The average molecular weight is 596 g/mol. The molecule has 1 saturated carbocycles. The van der Waals surface area contributed by atoms with Crippen LogP contribution in [0.4, 0.5) is 4.79 Å². The zero-order valence-electron chi connectivity index (χ0n) is 27.7. The van der Waals surface area contributed by atoms with Crippen molar-refractivity contribution in [3.8, 4) is 12.3 Å². The lowest BCUT2D eigenvalue weighted by Gasteiger charge is -2.34. The zero-order valence-corrected chi connectivity index (χ0v) is 27.7. The Bertz CT molecular complexity index is 761. The van der Waals surface area contributed by atoms with Crippen molar-refractivity contribution in [2.45, 2.75) is 118 Å². The highest BCUT2D eigenvalue weighted by molar-refractivity contribution is 6.26. The molecule has 42 heavy (non-hydrogen) atoms. The summed E-state index contributed by atoms with van der Waals surface area (Å²) in [6.45, 7) is 15.6. The predicted octanol–water partition coefficient (Wildman–Crippen LogP) is 4.37. The van der Waals surface area contributed by atoms with E-state index >= 15 is 0 Å². The number of likely N-dealkylation sites (tertiary alicyclic amines) is 1. The van der Waals surface area contributed by atoms with Crippen molar-refractivity contribution in [1.29, 1.82) is 0 Å². The van der Waals surface area contributed by atoms with Crippen molar-refractivity contribution in [2.24, 2.45) is 11.7 Å². The van der Waals surface area contributed by atoms with E-state index in [0.29, 0.717) is 19.4 Å². The molecular formula is C32H61N5O5. The van der Waals surface area contributed by atoms with Crippen LogP contribution in [0.25, 0.3) is 0 Å². The molecule has 1 saturated heterocycles. The Balaban J connectivity index is -0.000000404. The number of carbonyl (C=O) groups excluding carboxylic acids is 5. The van der Waals surface area contributed by atoms with Crippen LogP contribution >= 0.6 is 0 Å². The number of unbranched alkanes of at least 4 members (excludes halogenated alkanes) is 1. The standard InChI is InChI=1S/C18H28N4O5.C5H8.C3H8.C3H6.C2H6.CH5N/c1-19-18(27)21-15(12-6-3-2-4-7-12)17(26)22-9-5-8-14(22)16(25)20-10-13(24)11-23;1-3-5-4-2;2*1-3-2;2*1-2/h11-12,14-15H,2-10H2,1H3,(H,20,25)(H2,19,21,27);1H,4-5H2,2H3;3H2,1-2H3;3H,1H2,2H3;1-2H3;2H2,1H3. The first kappa shape index (κ1) is 45.8. The normalized spacial score (nSPS) is 15.4. The first-order chi connectivity index (χ1) is 20.2. The van der Waals surface area contributed by atoms with E-state index in [1.807, 2.05) is 20.8 Å². The SMILES string of the molecule is C#CCCC.C=CC.CC.CCC.CN.CNC(=O)NC(C(=O)N1CCCC1C(=O)NCC(=O)C=O)C1CCCCC1. The van der Waals surface area contributed by atoms with Crippen LogP contribution in [0.15, 0.2) is 12.7 Å². The molecule has 0 aromatic heterocycles. The van der Waals surface area contributed by atoms with Crippen LogP contribution in [-0.4, -0.2) is 74.1 Å². The van der Waals surface area contributed by atoms with Gasteiger partial charge in [0, 0.05) is 20.0 Å². The van der Waals surface area contributed by atoms with Gasteiger partial charge in [0.2, 0.25) is 17.6 Å². The zero-order chi connectivity index (χ0) is 33.3. The van der Waals surface area contributed by atoms with E-state index in [0.717, 1.165) is 44.9 Å². The summed E-state index contributed by atoms with van der Waals surface area (Å²) in [5.74, 6) is 1.14. The Kier molecular flexibility index (Phi) is 37.1. The number of nitrogens with one attached hydrogen (secondary N) is 3. The van der Waals surface area contributed by atoms with Gasteiger partial charge in [0.1, 0.15) is 12.1 Å². The maximum Gasteiger partial charge on any atom is 0.315 e. The Hall–Kier alpha value is -3.19.